The summed E-state index contributed by atoms with van der Waals surface area (Å²) in [5.74, 6) is -0.328. The lowest BCUT2D eigenvalue weighted by Gasteiger charge is -2.29. The van der Waals surface area contributed by atoms with E-state index in [1.807, 2.05) is 6.92 Å². The van der Waals surface area contributed by atoms with E-state index in [1.165, 1.54) is 0 Å². The molecule has 5 heteroatoms. The van der Waals surface area contributed by atoms with Crippen molar-refractivity contribution in [3.05, 3.63) is 12.2 Å². The average molecular weight is 246 g/mol. The molecule has 0 amide bonds. The minimum atomic E-state index is -0.600. The van der Waals surface area contributed by atoms with Crippen LogP contribution in [0, 0.1) is 0 Å². The molecule has 0 aromatic carbocycles. The van der Waals surface area contributed by atoms with Crippen molar-refractivity contribution in [1.29, 1.82) is 0 Å². The van der Waals surface area contributed by atoms with Crippen LogP contribution in [0.5, 0.6) is 0 Å². The summed E-state index contributed by atoms with van der Waals surface area (Å²) in [6.45, 7) is 7.61. The summed E-state index contributed by atoms with van der Waals surface area (Å²) in [6, 6.07) is 0.842. The first-order valence-corrected chi connectivity index (χ1v) is 7.15. The quantitative estimate of drug-likeness (QED) is 0.211. The second kappa shape index (κ2) is 7.59. The van der Waals surface area contributed by atoms with Crippen LogP contribution in [0.15, 0.2) is 12.2 Å². The summed E-state index contributed by atoms with van der Waals surface area (Å²) in [6.07, 6.45) is 0.820. The van der Waals surface area contributed by atoms with Gasteiger partial charge in [-0.3, -0.25) is 0 Å². The molecule has 0 bridgehead atoms. The van der Waals surface area contributed by atoms with Gasteiger partial charge < -0.3 is 14.2 Å². The third-order valence-electron chi connectivity index (χ3n) is 2.57. The molecule has 0 saturated carbocycles. The van der Waals surface area contributed by atoms with E-state index in [0.29, 0.717) is 12.2 Å². The molecule has 0 atom stereocenters. The number of carbonyl (C=O) groups is 1. The van der Waals surface area contributed by atoms with Crippen LogP contribution in [0.4, 0.5) is 0 Å². The SMILES string of the molecule is C=C(C)C(=O)OCC[SiH2]C(CC)(OC)OC. The molecule has 94 valence electrons. The lowest BCUT2D eigenvalue weighted by atomic mass is 10.4. The molecule has 0 spiro atoms. The second-order valence-electron chi connectivity index (χ2n) is 3.69. The van der Waals surface area contributed by atoms with Gasteiger partial charge in [0.25, 0.3) is 0 Å². The normalized spacial score (nSPS) is 12.0. The fraction of sp³-hybridized carbons (Fsp3) is 0.727. The predicted molar refractivity (Wildman–Crippen MR) is 66.2 cm³/mol. The number of methoxy groups -OCH3 is 2. The minimum Gasteiger partial charge on any atom is -0.463 e. The largest absolute Gasteiger partial charge is 0.463 e. The molecule has 0 aromatic heterocycles. The first-order chi connectivity index (χ1) is 7.51. The minimum absolute atomic E-state index is 0.328. The Balaban J connectivity index is 3.88. The lowest BCUT2D eigenvalue weighted by Crippen LogP contribution is -2.40. The Kier molecular flexibility index (Phi) is 7.28. The van der Waals surface area contributed by atoms with E-state index in [4.69, 9.17) is 14.2 Å². The van der Waals surface area contributed by atoms with Crippen LogP contribution in [0.2, 0.25) is 6.04 Å². The van der Waals surface area contributed by atoms with E-state index < -0.39 is 14.9 Å². The highest BCUT2D eigenvalue weighted by Gasteiger charge is 2.26. The molecule has 0 aliphatic rings. The number of hydrogen-bond acceptors (Lipinski definition) is 4. The Morgan fingerprint density at radius 1 is 1.38 bits per heavy atom. The van der Waals surface area contributed by atoms with Gasteiger partial charge in [0, 0.05) is 19.8 Å². The van der Waals surface area contributed by atoms with E-state index in [2.05, 4.69) is 6.58 Å². The van der Waals surface area contributed by atoms with Gasteiger partial charge >= 0.3 is 5.97 Å². The number of ether oxygens (including phenoxy) is 3. The number of hydrogen-bond donors (Lipinski definition) is 0. The van der Waals surface area contributed by atoms with Gasteiger partial charge in [-0.15, -0.1) is 0 Å². The maximum atomic E-state index is 11.1. The van der Waals surface area contributed by atoms with Gasteiger partial charge in [0.2, 0.25) is 0 Å². The van der Waals surface area contributed by atoms with Crippen LogP contribution >= 0.6 is 0 Å². The number of carbonyl (C=O) groups excluding carboxylic acids is 1. The highest BCUT2D eigenvalue weighted by atomic mass is 28.2. The summed E-state index contributed by atoms with van der Waals surface area (Å²) in [7, 11) is 2.70. The number of esters is 1. The van der Waals surface area contributed by atoms with Crippen molar-refractivity contribution >= 4 is 15.5 Å². The van der Waals surface area contributed by atoms with Crippen LogP contribution in [0.25, 0.3) is 0 Å². The molecule has 16 heavy (non-hydrogen) atoms. The van der Waals surface area contributed by atoms with Crippen molar-refractivity contribution in [3.63, 3.8) is 0 Å². The lowest BCUT2D eigenvalue weighted by molar-refractivity contribution is -0.147. The Bertz CT molecular complexity index is 228. The average Bonchev–Trinajstić information content (AvgIpc) is 2.30. The van der Waals surface area contributed by atoms with Crippen LogP contribution in [-0.4, -0.2) is 41.7 Å². The molecule has 0 unspecified atom stereocenters. The molecule has 0 heterocycles. The van der Waals surface area contributed by atoms with Crippen LogP contribution in [-0.2, 0) is 19.0 Å². The Morgan fingerprint density at radius 3 is 2.31 bits per heavy atom. The molecule has 0 aromatic rings. The molecular formula is C11H22O4Si. The fourth-order valence-corrected chi connectivity index (χ4v) is 2.97. The van der Waals surface area contributed by atoms with Crippen LogP contribution in [0.1, 0.15) is 20.3 Å². The van der Waals surface area contributed by atoms with Crippen molar-refractivity contribution in [3.8, 4) is 0 Å². The zero-order chi connectivity index (χ0) is 12.6. The number of rotatable bonds is 8. The van der Waals surface area contributed by atoms with E-state index >= 15 is 0 Å². The molecule has 0 N–H and O–H groups in total. The summed E-state index contributed by atoms with van der Waals surface area (Å²) in [5.41, 5.74) is 0.0113. The first kappa shape index (κ1) is 15.3. The molecule has 0 fully saturated rings. The zero-order valence-electron chi connectivity index (χ0n) is 10.7. The third kappa shape index (κ3) is 4.91. The van der Waals surface area contributed by atoms with Gasteiger partial charge in [-0.1, -0.05) is 13.5 Å². The molecule has 0 rings (SSSR count). The Labute approximate surface area is 99.8 Å². The van der Waals surface area contributed by atoms with Gasteiger partial charge in [-0.25, -0.2) is 4.79 Å². The van der Waals surface area contributed by atoms with Gasteiger partial charge in [0.15, 0.2) is 0 Å². The Morgan fingerprint density at radius 2 is 1.94 bits per heavy atom. The smallest absolute Gasteiger partial charge is 0.333 e. The zero-order valence-corrected chi connectivity index (χ0v) is 12.1. The maximum absolute atomic E-state index is 11.1. The van der Waals surface area contributed by atoms with Crippen molar-refractivity contribution < 1.29 is 19.0 Å². The molecular weight excluding hydrogens is 224 g/mol. The highest BCUT2D eigenvalue weighted by Crippen LogP contribution is 2.15. The molecule has 0 aliphatic carbocycles. The third-order valence-corrected chi connectivity index (χ3v) is 5.05. The monoisotopic (exact) mass is 246 g/mol. The first-order valence-electron chi connectivity index (χ1n) is 5.44. The van der Waals surface area contributed by atoms with E-state index in [1.54, 1.807) is 21.1 Å². The van der Waals surface area contributed by atoms with Crippen molar-refractivity contribution in [2.24, 2.45) is 0 Å². The highest BCUT2D eigenvalue weighted by molar-refractivity contribution is 6.39. The van der Waals surface area contributed by atoms with Crippen LogP contribution in [0.3, 0.4) is 0 Å². The summed E-state index contributed by atoms with van der Waals surface area (Å²) in [5, 5.41) is 0. The molecule has 4 nitrogen and oxygen atoms in total. The van der Waals surface area contributed by atoms with Crippen molar-refractivity contribution in [2.75, 3.05) is 20.8 Å². The van der Waals surface area contributed by atoms with Crippen LogP contribution < -0.4 is 0 Å². The van der Waals surface area contributed by atoms with Gasteiger partial charge in [0.1, 0.15) is 5.41 Å². The topological polar surface area (TPSA) is 44.8 Å². The maximum Gasteiger partial charge on any atom is 0.333 e. The van der Waals surface area contributed by atoms with Crippen molar-refractivity contribution in [1.82, 2.24) is 0 Å². The van der Waals surface area contributed by atoms with Crippen molar-refractivity contribution in [2.45, 2.75) is 31.7 Å². The van der Waals surface area contributed by atoms with Gasteiger partial charge in [0.05, 0.1) is 16.1 Å². The summed E-state index contributed by atoms with van der Waals surface area (Å²) < 4.78 is 15.8. The van der Waals surface area contributed by atoms with E-state index in [9.17, 15) is 4.79 Å². The Hall–Kier alpha value is -0.653. The van der Waals surface area contributed by atoms with E-state index in [0.717, 1.165) is 12.5 Å². The molecule has 0 saturated heterocycles. The fourth-order valence-electron chi connectivity index (χ4n) is 1.38. The predicted octanol–water partition coefficient (Wildman–Crippen LogP) is 1.05. The summed E-state index contributed by atoms with van der Waals surface area (Å²) >= 11 is 0. The second-order valence-corrected chi connectivity index (χ2v) is 5.98. The molecule has 0 radical (unpaired) electrons. The standard InChI is InChI=1S/C11H22O4Si/c1-6-11(13-4,14-5)16-8-7-15-10(12)9(2)3/h2,6-8,16H2,1,3-5H3. The molecule has 0 aliphatic heterocycles. The van der Waals surface area contributed by atoms with E-state index in [-0.39, 0.29) is 5.97 Å². The van der Waals surface area contributed by atoms with Gasteiger partial charge in [-0.05, 0) is 19.4 Å². The summed E-state index contributed by atoms with van der Waals surface area (Å²) in [4.78, 5) is 11.1. The van der Waals surface area contributed by atoms with Gasteiger partial charge in [-0.2, -0.15) is 0 Å².